The smallest absolute Gasteiger partial charge is 0.202 e. The Bertz CT molecular complexity index is 1410. The summed E-state index contributed by atoms with van der Waals surface area (Å²) in [5.41, 5.74) is 3.43. The first-order valence-electron chi connectivity index (χ1n) is 9.35. The molecule has 0 atom stereocenters. The molecule has 0 aliphatic heterocycles. The van der Waals surface area contributed by atoms with E-state index >= 15 is 0 Å². The molecule has 0 spiro atoms. The molecule has 2 aromatic carbocycles. The Hall–Kier alpha value is -4.11. The number of allylic oxidation sites excluding steroid dienone is 1. The molecular weight excluding hydrogens is 385 g/mol. The standard InChI is InChI=1S/C24H14FNO4/c1-2-13-4-5-14(29-17-6-3-12(11-26)9-16(17)25)10-15(13)20-23(27)21-18-7-8-19(30-18)22(21)24(20)28/h3-10,27H,2H2,1H3. The van der Waals surface area contributed by atoms with Gasteiger partial charge in [0.1, 0.15) is 22.7 Å². The first kappa shape index (κ1) is 18.0. The van der Waals surface area contributed by atoms with Crippen LogP contribution >= 0.6 is 0 Å². The van der Waals surface area contributed by atoms with Crippen LogP contribution in [0.4, 0.5) is 4.39 Å². The minimum absolute atomic E-state index is 0.0393. The van der Waals surface area contributed by atoms with Crippen molar-refractivity contribution < 1.29 is 23.4 Å². The molecule has 1 N–H and O–H groups in total. The van der Waals surface area contributed by atoms with Crippen LogP contribution in [0, 0.1) is 17.1 Å². The fraction of sp³-hybridized carbons (Fsp3) is 0.0833. The Labute approximate surface area is 170 Å². The number of fused-ring (bicyclic) bond motifs is 5. The topological polar surface area (TPSA) is 83.5 Å². The first-order valence-corrected chi connectivity index (χ1v) is 9.35. The minimum atomic E-state index is -0.664. The number of aliphatic hydroxyl groups excluding tert-OH is 1. The Morgan fingerprint density at radius 3 is 2.53 bits per heavy atom. The van der Waals surface area contributed by atoms with Crippen molar-refractivity contribution in [3.05, 3.63) is 82.2 Å². The maximum Gasteiger partial charge on any atom is 0.202 e. The van der Waals surface area contributed by atoms with Gasteiger partial charge in [-0.1, -0.05) is 13.0 Å². The van der Waals surface area contributed by atoms with E-state index in [2.05, 4.69) is 0 Å². The zero-order valence-electron chi connectivity index (χ0n) is 15.8. The summed E-state index contributed by atoms with van der Waals surface area (Å²) >= 11 is 0. The fourth-order valence-corrected chi connectivity index (χ4v) is 3.86. The molecule has 4 aromatic rings. The Morgan fingerprint density at radius 2 is 1.87 bits per heavy atom. The SMILES string of the molecule is CCc1ccc(Oc2ccc(C#N)cc2F)cc1C1=C(O)c2c(c3ccc2o3)C1=O. The summed E-state index contributed by atoms with van der Waals surface area (Å²) in [6.07, 6.45) is 0.622. The zero-order chi connectivity index (χ0) is 21.0. The maximum atomic E-state index is 14.2. The average Bonchev–Trinajstić information content (AvgIpc) is 3.43. The number of furan rings is 2. The molecule has 0 saturated heterocycles. The van der Waals surface area contributed by atoms with Gasteiger partial charge in [-0.25, -0.2) is 4.39 Å². The number of ketones is 1. The van der Waals surface area contributed by atoms with Crippen molar-refractivity contribution in [2.45, 2.75) is 13.3 Å². The number of carbonyl (C=O) groups excluding carboxylic acids is 1. The highest BCUT2D eigenvalue weighted by atomic mass is 19.1. The monoisotopic (exact) mass is 399 g/mol. The summed E-state index contributed by atoms with van der Waals surface area (Å²) in [6, 6.07) is 14.3. The Morgan fingerprint density at radius 1 is 1.10 bits per heavy atom. The number of Topliss-reactive ketones (excluding diaryl/α,β-unsaturated/α-hetero) is 1. The van der Waals surface area contributed by atoms with Crippen molar-refractivity contribution in [1.29, 1.82) is 5.26 Å². The third-order valence-corrected chi connectivity index (χ3v) is 5.30. The van der Waals surface area contributed by atoms with Gasteiger partial charge in [0.15, 0.2) is 11.6 Å². The third kappa shape index (κ3) is 2.49. The molecule has 5 rings (SSSR count). The number of carbonyl (C=O) groups is 1. The number of hydrogen-bond acceptors (Lipinski definition) is 5. The molecule has 0 fully saturated rings. The molecule has 1 aliphatic carbocycles. The van der Waals surface area contributed by atoms with E-state index in [1.807, 2.05) is 13.0 Å². The average molecular weight is 399 g/mol. The number of halogens is 1. The summed E-state index contributed by atoms with van der Waals surface area (Å²) in [7, 11) is 0. The van der Waals surface area contributed by atoms with Crippen LogP contribution in [0.25, 0.3) is 22.5 Å². The van der Waals surface area contributed by atoms with E-state index in [4.69, 9.17) is 14.4 Å². The van der Waals surface area contributed by atoms with Gasteiger partial charge < -0.3 is 14.3 Å². The normalized spacial score (nSPS) is 13.2. The largest absolute Gasteiger partial charge is 0.506 e. The van der Waals surface area contributed by atoms with Gasteiger partial charge in [-0.15, -0.1) is 0 Å². The second kappa shape index (κ2) is 6.46. The highest BCUT2D eigenvalue weighted by Crippen LogP contribution is 2.45. The van der Waals surface area contributed by atoms with Gasteiger partial charge in [0.05, 0.1) is 28.3 Å². The summed E-state index contributed by atoms with van der Waals surface area (Å²) in [6.45, 7) is 1.94. The summed E-state index contributed by atoms with van der Waals surface area (Å²) < 4.78 is 25.4. The van der Waals surface area contributed by atoms with E-state index in [1.54, 1.807) is 30.3 Å². The Kier molecular flexibility index (Phi) is 3.87. The van der Waals surface area contributed by atoms with E-state index in [-0.39, 0.29) is 28.4 Å². The molecule has 146 valence electrons. The number of benzene rings is 3. The number of rotatable bonds is 4. The van der Waals surface area contributed by atoms with Crippen molar-refractivity contribution in [2.75, 3.05) is 0 Å². The first-order chi connectivity index (χ1) is 14.5. The van der Waals surface area contributed by atoms with Crippen LogP contribution in [-0.2, 0) is 6.42 Å². The van der Waals surface area contributed by atoms with Gasteiger partial charge in [0, 0.05) is 0 Å². The lowest BCUT2D eigenvalue weighted by atomic mass is 9.95. The van der Waals surface area contributed by atoms with Crippen LogP contribution in [0.1, 0.15) is 39.5 Å². The van der Waals surface area contributed by atoms with Crippen molar-refractivity contribution >= 4 is 28.3 Å². The van der Waals surface area contributed by atoms with Gasteiger partial charge in [-0.3, -0.25) is 4.79 Å². The molecule has 0 amide bonds. The molecule has 2 heterocycles. The lowest BCUT2D eigenvalue weighted by molar-refractivity contribution is 0.106. The van der Waals surface area contributed by atoms with Crippen molar-refractivity contribution in [3.8, 4) is 17.6 Å². The molecular formula is C24H14FNO4. The van der Waals surface area contributed by atoms with E-state index in [0.29, 0.717) is 40.0 Å². The van der Waals surface area contributed by atoms with Crippen molar-refractivity contribution in [3.63, 3.8) is 0 Å². The lowest BCUT2D eigenvalue weighted by Gasteiger charge is -2.13. The number of nitriles is 1. The third-order valence-electron chi connectivity index (χ3n) is 5.30. The zero-order valence-corrected chi connectivity index (χ0v) is 15.8. The molecule has 0 radical (unpaired) electrons. The molecule has 6 heteroatoms. The number of nitrogens with zero attached hydrogens (tertiary/aromatic N) is 1. The van der Waals surface area contributed by atoms with Gasteiger partial charge >= 0.3 is 0 Å². The van der Waals surface area contributed by atoms with Crippen LogP contribution in [-0.4, -0.2) is 10.9 Å². The number of hydrogen-bond donors (Lipinski definition) is 1. The molecule has 0 unspecified atom stereocenters. The van der Waals surface area contributed by atoms with Gasteiger partial charge in [-0.2, -0.15) is 5.26 Å². The van der Waals surface area contributed by atoms with E-state index < -0.39 is 5.82 Å². The number of ether oxygens (including phenoxy) is 1. The summed E-state index contributed by atoms with van der Waals surface area (Å²) in [5, 5.41) is 19.7. The molecule has 30 heavy (non-hydrogen) atoms. The summed E-state index contributed by atoms with van der Waals surface area (Å²) in [4.78, 5) is 13.1. The maximum absolute atomic E-state index is 14.2. The fourth-order valence-electron chi connectivity index (χ4n) is 3.86. The van der Waals surface area contributed by atoms with E-state index in [1.165, 1.54) is 12.1 Å². The second-order valence-corrected chi connectivity index (χ2v) is 7.00. The molecule has 0 saturated carbocycles. The second-order valence-electron chi connectivity index (χ2n) is 7.00. The molecule has 5 nitrogen and oxygen atoms in total. The van der Waals surface area contributed by atoms with Gasteiger partial charge in [0.2, 0.25) is 5.78 Å². The van der Waals surface area contributed by atoms with Crippen LogP contribution in [0.2, 0.25) is 0 Å². The van der Waals surface area contributed by atoms with Crippen LogP contribution in [0.15, 0.2) is 52.9 Å². The van der Waals surface area contributed by atoms with Crippen LogP contribution < -0.4 is 4.74 Å². The predicted octanol–water partition coefficient (Wildman–Crippen LogP) is 5.86. The lowest BCUT2D eigenvalue weighted by Crippen LogP contribution is -2.02. The van der Waals surface area contributed by atoms with Gasteiger partial charge in [0.25, 0.3) is 0 Å². The van der Waals surface area contributed by atoms with Crippen molar-refractivity contribution in [2.24, 2.45) is 0 Å². The highest BCUT2D eigenvalue weighted by Gasteiger charge is 2.37. The minimum Gasteiger partial charge on any atom is -0.506 e. The summed E-state index contributed by atoms with van der Waals surface area (Å²) in [5.74, 6) is -0.831. The van der Waals surface area contributed by atoms with Gasteiger partial charge in [-0.05, 0) is 60.0 Å². The van der Waals surface area contributed by atoms with Crippen LogP contribution in [0.3, 0.4) is 0 Å². The molecule has 1 aliphatic rings. The predicted molar refractivity (Wildman–Crippen MR) is 108 cm³/mol. The van der Waals surface area contributed by atoms with E-state index in [9.17, 15) is 14.3 Å². The number of aliphatic hydroxyl groups is 1. The molecule has 2 aromatic heterocycles. The quantitative estimate of drug-likeness (QED) is 0.465. The van der Waals surface area contributed by atoms with E-state index in [0.717, 1.165) is 11.6 Å². The molecule has 2 bridgehead atoms. The van der Waals surface area contributed by atoms with Crippen molar-refractivity contribution in [1.82, 2.24) is 0 Å². The Balaban J connectivity index is 1.59. The van der Waals surface area contributed by atoms with Crippen LogP contribution in [0.5, 0.6) is 11.5 Å². The number of aryl methyl sites for hydroxylation is 1. The highest BCUT2D eigenvalue weighted by molar-refractivity contribution is 6.42.